The summed E-state index contributed by atoms with van der Waals surface area (Å²) in [6, 6.07) is 6.20. The third kappa shape index (κ3) is 1.06. The average molecular weight is 200 g/mol. The van der Waals surface area contributed by atoms with Gasteiger partial charge in [0.25, 0.3) is 0 Å². The van der Waals surface area contributed by atoms with E-state index in [-0.39, 0.29) is 0 Å². The Balaban J connectivity index is 2.11. The van der Waals surface area contributed by atoms with Crippen molar-refractivity contribution in [2.45, 2.75) is 32.6 Å². The minimum atomic E-state index is 0.453. The van der Waals surface area contributed by atoms with Crippen LogP contribution >= 0.6 is 0 Å². The zero-order valence-corrected chi connectivity index (χ0v) is 9.29. The third-order valence-electron chi connectivity index (χ3n) is 4.62. The normalized spacial score (nSPS) is 30.3. The molecule has 0 aliphatic heterocycles. The van der Waals surface area contributed by atoms with Crippen molar-refractivity contribution in [3.63, 3.8) is 0 Å². The van der Waals surface area contributed by atoms with E-state index in [2.05, 4.69) is 26.0 Å². The Bertz CT molecular complexity index is 431. The maximum atomic E-state index is 10.8. The van der Waals surface area contributed by atoms with Gasteiger partial charge in [0.2, 0.25) is 0 Å². The second-order valence-electron chi connectivity index (χ2n) is 5.59. The summed E-state index contributed by atoms with van der Waals surface area (Å²) in [6.07, 6.45) is 3.48. The Kier molecular flexibility index (Phi) is 1.66. The fourth-order valence-corrected chi connectivity index (χ4v) is 3.35. The van der Waals surface area contributed by atoms with Crippen LogP contribution in [0.3, 0.4) is 0 Å². The van der Waals surface area contributed by atoms with E-state index >= 15 is 0 Å². The Morgan fingerprint density at radius 2 is 2.20 bits per heavy atom. The average Bonchev–Trinajstić information content (AvgIpc) is 2.27. The lowest BCUT2D eigenvalue weighted by Gasteiger charge is -2.57. The molecule has 0 heterocycles. The van der Waals surface area contributed by atoms with Crippen LogP contribution in [0, 0.1) is 11.3 Å². The molecule has 0 radical (unpaired) electrons. The molecular weight excluding hydrogens is 184 g/mol. The largest absolute Gasteiger partial charge is 0.298 e. The molecule has 2 atom stereocenters. The first kappa shape index (κ1) is 9.14. The SMILES string of the molecule is CC1(C)C2Cc3ccc(C=O)cc3C1C2. The molecule has 1 saturated carbocycles. The smallest absolute Gasteiger partial charge is 0.150 e. The molecule has 0 amide bonds. The molecule has 3 aliphatic carbocycles. The summed E-state index contributed by atoms with van der Waals surface area (Å²) >= 11 is 0. The van der Waals surface area contributed by atoms with Crippen LogP contribution in [-0.2, 0) is 6.42 Å². The fraction of sp³-hybridized carbons (Fsp3) is 0.500. The zero-order chi connectivity index (χ0) is 10.6. The molecule has 4 rings (SSSR count). The number of benzene rings is 1. The highest BCUT2D eigenvalue weighted by molar-refractivity contribution is 5.75. The zero-order valence-electron chi connectivity index (χ0n) is 9.29. The molecule has 0 N–H and O–H groups in total. The second kappa shape index (κ2) is 2.72. The summed E-state index contributed by atoms with van der Waals surface area (Å²) in [7, 11) is 0. The topological polar surface area (TPSA) is 17.1 Å². The molecular formula is C14H16O. The lowest BCUT2D eigenvalue weighted by molar-refractivity contribution is 0.0185. The van der Waals surface area contributed by atoms with Gasteiger partial charge in [-0.05, 0) is 47.3 Å². The van der Waals surface area contributed by atoms with Gasteiger partial charge in [0.1, 0.15) is 6.29 Å². The van der Waals surface area contributed by atoms with Crippen LogP contribution < -0.4 is 0 Å². The van der Waals surface area contributed by atoms with E-state index in [1.807, 2.05) is 6.07 Å². The van der Waals surface area contributed by atoms with E-state index in [4.69, 9.17) is 0 Å². The van der Waals surface area contributed by atoms with Crippen molar-refractivity contribution < 1.29 is 4.79 Å². The minimum absolute atomic E-state index is 0.453. The number of carbonyl (C=O) groups is 1. The molecule has 1 heteroatoms. The Hall–Kier alpha value is -1.11. The third-order valence-corrected chi connectivity index (χ3v) is 4.62. The summed E-state index contributed by atoms with van der Waals surface area (Å²) < 4.78 is 0. The van der Waals surface area contributed by atoms with Gasteiger partial charge in [-0.2, -0.15) is 0 Å². The van der Waals surface area contributed by atoms with Crippen molar-refractivity contribution in [2.24, 2.45) is 11.3 Å². The summed E-state index contributed by atoms with van der Waals surface area (Å²) in [4.78, 5) is 10.8. The van der Waals surface area contributed by atoms with Crippen LogP contribution in [0.1, 0.15) is 47.7 Å². The Morgan fingerprint density at radius 3 is 2.87 bits per heavy atom. The van der Waals surface area contributed by atoms with E-state index in [0.717, 1.165) is 17.8 Å². The molecule has 2 bridgehead atoms. The lowest BCUT2D eigenvalue weighted by Crippen LogP contribution is -2.48. The van der Waals surface area contributed by atoms with Crippen LogP contribution in [0.4, 0.5) is 0 Å². The second-order valence-corrected chi connectivity index (χ2v) is 5.59. The quantitative estimate of drug-likeness (QED) is 0.636. The molecule has 1 aromatic carbocycles. The van der Waals surface area contributed by atoms with Crippen LogP contribution in [0.15, 0.2) is 18.2 Å². The minimum Gasteiger partial charge on any atom is -0.298 e. The van der Waals surface area contributed by atoms with Crippen molar-refractivity contribution in [1.82, 2.24) is 0 Å². The van der Waals surface area contributed by atoms with Crippen molar-refractivity contribution in [1.29, 1.82) is 0 Å². The molecule has 0 saturated heterocycles. The van der Waals surface area contributed by atoms with E-state index in [1.54, 1.807) is 0 Å². The highest BCUT2D eigenvalue weighted by Crippen LogP contribution is 2.62. The number of hydrogen-bond acceptors (Lipinski definition) is 1. The van der Waals surface area contributed by atoms with Gasteiger partial charge in [0.15, 0.2) is 0 Å². The summed E-state index contributed by atoms with van der Waals surface area (Å²) in [5.41, 5.74) is 4.19. The van der Waals surface area contributed by atoms with Gasteiger partial charge >= 0.3 is 0 Å². The predicted molar refractivity (Wildman–Crippen MR) is 60.2 cm³/mol. The van der Waals surface area contributed by atoms with Crippen molar-refractivity contribution >= 4 is 6.29 Å². The molecule has 1 fully saturated rings. The number of carbonyl (C=O) groups excluding carboxylic acids is 1. The van der Waals surface area contributed by atoms with Crippen LogP contribution in [0.5, 0.6) is 0 Å². The summed E-state index contributed by atoms with van der Waals surface area (Å²) in [5, 5.41) is 0. The maximum Gasteiger partial charge on any atom is 0.150 e. The number of rotatable bonds is 1. The number of aldehydes is 1. The predicted octanol–water partition coefficient (Wildman–Crippen LogP) is 3.18. The van der Waals surface area contributed by atoms with Gasteiger partial charge in [-0.15, -0.1) is 0 Å². The van der Waals surface area contributed by atoms with E-state index in [9.17, 15) is 4.79 Å². The van der Waals surface area contributed by atoms with E-state index in [1.165, 1.54) is 24.0 Å². The summed E-state index contributed by atoms with van der Waals surface area (Å²) in [6.45, 7) is 4.73. The molecule has 0 aromatic heterocycles. The van der Waals surface area contributed by atoms with Crippen molar-refractivity contribution in [3.8, 4) is 0 Å². The Morgan fingerprint density at radius 1 is 1.40 bits per heavy atom. The maximum absolute atomic E-state index is 10.8. The van der Waals surface area contributed by atoms with Gasteiger partial charge in [0.05, 0.1) is 0 Å². The van der Waals surface area contributed by atoms with Crippen LogP contribution in [0.2, 0.25) is 0 Å². The lowest BCUT2D eigenvalue weighted by atomic mass is 9.47. The van der Waals surface area contributed by atoms with Gasteiger partial charge in [0, 0.05) is 5.56 Å². The standard InChI is InChI=1S/C14H16O/c1-14(2)11-6-10-4-3-9(8-15)5-12(10)13(14)7-11/h3-5,8,11,13H,6-7H2,1-2H3. The van der Waals surface area contributed by atoms with Crippen molar-refractivity contribution in [2.75, 3.05) is 0 Å². The van der Waals surface area contributed by atoms with E-state index in [0.29, 0.717) is 11.3 Å². The molecule has 2 unspecified atom stereocenters. The van der Waals surface area contributed by atoms with Gasteiger partial charge in [-0.3, -0.25) is 4.79 Å². The molecule has 1 aromatic rings. The monoisotopic (exact) mass is 200 g/mol. The highest BCUT2D eigenvalue weighted by Gasteiger charge is 2.52. The van der Waals surface area contributed by atoms with Crippen LogP contribution in [0.25, 0.3) is 0 Å². The number of hydrogen-bond donors (Lipinski definition) is 0. The Labute approximate surface area is 90.5 Å². The van der Waals surface area contributed by atoms with E-state index < -0.39 is 0 Å². The first-order valence-corrected chi connectivity index (χ1v) is 5.71. The molecule has 15 heavy (non-hydrogen) atoms. The molecule has 3 aliphatic rings. The van der Waals surface area contributed by atoms with Gasteiger partial charge < -0.3 is 0 Å². The molecule has 0 spiro atoms. The van der Waals surface area contributed by atoms with Crippen LogP contribution in [-0.4, -0.2) is 6.29 Å². The molecule has 1 nitrogen and oxygen atoms in total. The van der Waals surface area contributed by atoms with Gasteiger partial charge in [-0.25, -0.2) is 0 Å². The summed E-state index contributed by atoms with van der Waals surface area (Å²) in [5.74, 6) is 1.54. The molecule has 78 valence electrons. The van der Waals surface area contributed by atoms with Gasteiger partial charge in [-0.1, -0.05) is 26.0 Å². The first-order valence-electron chi connectivity index (χ1n) is 5.71. The highest BCUT2D eigenvalue weighted by atomic mass is 16.1. The van der Waals surface area contributed by atoms with Crippen molar-refractivity contribution in [3.05, 3.63) is 34.9 Å². The fourth-order valence-electron chi connectivity index (χ4n) is 3.35. The first-order chi connectivity index (χ1) is 7.13.